The van der Waals surface area contributed by atoms with Crippen LogP contribution >= 0.6 is 0 Å². The molecule has 0 radical (unpaired) electrons. The molecule has 0 spiro atoms. The maximum Gasteiger partial charge on any atom is 0.226 e. The minimum atomic E-state index is -0.696. The molecule has 102 valence electrons. The zero-order valence-electron chi connectivity index (χ0n) is 10.6. The Morgan fingerprint density at radius 3 is 1.72 bits per heavy atom. The van der Waals surface area contributed by atoms with Gasteiger partial charge in [-0.1, -0.05) is 12.8 Å². The average Bonchev–Trinajstić information content (AvgIpc) is 2.54. The normalized spacial score (nSPS) is 16.4. The highest BCUT2D eigenvalue weighted by atomic mass is 16.2. The Hall–Kier alpha value is -1.59. The van der Waals surface area contributed by atoms with E-state index in [0.717, 1.165) is 25.7 Å². The Morgan fingerprint density at radius 1 is 0.889 bits per heavy atom. The number of carbonyl (C=O) groups is 3. The fourth-order valence-corrected chi connectivity index (χ4v) is 2.28. The van der Waals surface area contributed by atoms with Gasteiger partial charge in [0, 0.05) is 25.9 Å². The standard InChI is InChI=1S/C12H21N3O3/c13-10(16)7-9(8-11(14)17)12(18)15-5-3-1-2-4-6-15/h9H,1-8H2,(H2,13,16)(H2,14,17). The number of nitrogens with two attached hydrogens (primary N) is 2. The second-order valence-corrected chi connectivity index (χ2v) is 4.78. The van der Waals surface area contributed by atoms with E-state index >= 15 is 0 Å². The molecular formula is C12H21N3O3. The first kappa shape index (κ1) is 14.5. The summed E-state index contributed by atoms with van der Waals surface area (Å²) in [5.74, 6) is -2.03. The third kappa shape index (κ3) is 4.73. The van der Waals surface area contributed by atoms with E-state index in [-0.39, 0.29) is 18.7 Å². The Labute approximate surface area is 107 Å². The zero-order chi connectivity index (χ0) is 13.5. The lowest BCUT2D eigenvalue weighted by Gasteiger charge is -2.25. The number of rotatable bonds is 5. The van der Waals surface area contributed by atoms with Crippen molar-refractivity contribution in [2.24, 2.45) is 17.4 Å². The van der Waals surface area contributed by atoms with Crippen molar-refractivity contribution in [2.75, 3.05) is 13.1 Å². The molecule has 3 amide bonds. The summed E-state index contributed by atoms with van der Waals surface area (Å²) in [6, 6.07) is 0. The minimum Gasteiger partial charge on any atom is -0.370 e. The molecule has 4 N–H and O–H groups in total. The molecule has 1 aliphatic heterocycles. The van der Waals surface area contributed by atoms with E-state index in [2.05, 4.69) is 0 Å². The number of hydrogen-bond acceptors (Lipinski definition) is 3. The predicted octanol–water partition coefficient (Wildman–Crippen LogP) is -0.244. The van der Waals surface area contributed by atoms with Crippen molar-refractivity contribution in [2.45, 2.75) is 38.5 Å². The minimum absolute atomic E-state index is 0.113. The van der Waals surface area contributed by atoms with Gasteiger partial charge in [-0.05, 0) is 12.8 Å². The molecular weight excluding hydrogens is 234 g/mol. The fourth-order valence-electron chi connectivity index (χ4n) is 2.28. The number of carbonyl (C=O) groups excluding carboxylic acids is 3. The lowest BCUT2D eigenvalue weighted by molar-refractivity contribution is -0.140. The molecule has 6 nitrogen and oxygen atoms in total. The summed E-state index contributed by atoms with van der Waals surface area (Å²) < 4.78 is 0. The second kappa shape index (κ2) is 6.98. The summed E-state index contributed by atoms with van der Waals surface area (Å²) in [5, 5.41) is 0. The van der Waals surface area contributed by atoms with Gasteiger partial charge in [0.15, 0.2) is 0 Å². The third-order valence-electron chi connectivity index (χ3n) is 3.16. The molecule has 0 saturated carbocycles. The number of nitrogens with zero attached hydrogens (tertiary/aromatic N) is 1. The van der Waals surface area contributed by atoms with Gasteiger partial charge in [-0.2, -0.15) is 0 Å². The Bertz CT molecular complexity index is 307. The molecule has 0 aromatic carbocycles. The molecule has 0 aliphatic carbocycles. The Balaban J connectivity index is 2.66. The molecule has 18 heavy (non-hydrogen) atoms. The van der Waals surface area contributed by atoms with Crippen molar-refractivity contribution in [1.82, 2.24) is 4.90 Å². The Kier molecular flexibility index (Phi) is 5.61. The molecule has 1 fully saturated rings. The van der Waals surface area contributed by atoms with E-state index in [1.165, 1.54) is 0 Å². The third-order valence-corrected chi connectivity index (χ3v) is 3.16. The van der Waals surface area contributed by atoms with Crippen LogP contribution in [0.1, 0.15) is 38.5 Å². The predicted molar refractivity (Wildman–Crippen MR) is 66.2 cm³/mol. The summed E-state index contributed by atoms with van der Waals surface area (Å²) in [5.41, 5.74) is 10.2. The van der Waals surface area contributed by atoms with E-state index in [1.54, 1.807) is 4.90 Å². The molecule has 1 heterocycles. The van der Waals surface area contributed by atoms with Crippen LogP contribution in [0.2, 0.25) is 0 Å². The van der Waals surface area contributed by atoms with Gasteiger partial charge < -0.3 is 16.4 Å². The highest BCUT2D eigenvalue weighted by Crippen LogP contribution is 2.17. The van der Waals surface area contributed by atoms with Crippen LogP contribution in [-0.2, 0) is 14.4 Å². The van der Waals surface area contributed by atoms with Crippen molar-refractivity contribution in [3.63, 3.8) is 0 Å². The van der Waals surface area contributed by atoms with E-state index in [9.17, 15) is 14.4 Å². The first-order valence-electron chi connectivity index (χ1n) is 6.36. The first-order valence-corrected chi connectivity index (χ1v) is 6.36. The smallest absolute Gasteiger partial charge is 0.226 e. The van der Waals surface area contributed by atoms with Crippen molar-refractivity contribution < 1.29 is 14.4 Å². The van der Waals surface area contributed by atoms with E-state index in [4.69, 9.17) is 11.5 Å². The average molecular weight is 255 g/mol. The van der Waals surface area contributed by atoms with Crippen LogP contribution in [0, 0.1) is 5.92 Å². The molecule has 0 bridgehead atoms. The van der Waals surface area contributed by atoms with Crippen LogP contribution in [0.3, 0.4) is 0 Å². The van der Waals surface area contributed by atoms with Gasteiger partial charge in [0.2, 0.25) is 17.7 Å². The van der Waals surface area contributed by atoms with Gasteiger partial charge in [-0.3, -0.25) is 14.4 Å². The van der Waals surface area contributed by atoms with Crippen molar-refractivity contribution in [3.8, 4) is 0 Å². The number of hydrogen-bond donors (Lipinski definition) is 2. The molecule has 0 atom stereocenters. The molecule has 0 aromatic heterocycles. The van der Waals surface area contributed by atoms with Gasteiger partial charge in [0.25, 0.3) is 0 Å². The van der Waals surface area contributed by atoms with Crippen molar-refractivity contribution in [1.29, 1.82) is 0 Å². The highest BCUT2D eigenvalue weighted by molar-refractivity contribution is 5.89. The second-order valence-electron chi connectivity index (χ2n) is 4.78. The van der Waals surface area contributed by atoms with E-state index < -0.39 is 17.7 Å². The number of primary amides is 2. The quantitative estimate of drug-likeness (QED) is 0.707. The van der Waals surface area contributed by atoms with Crippen LogP contribution in [0.4, 0.5) is 0 Å². The molecule has 0 aromatic rings. The van der Waals surface area contributed by atoms with E-state index in [0.29, 0.717) is 13.1 Å². The molecule has 0 unspecified atom stereocenters. The summed E-state index contributed by atoms with van der Waals surface area (Å²) in [4.78, 5) is 35.8. The van der Waals surface area contributed by atoms with Gasteiger partial charge in [-0.15, -0.1) is 0 Å². The molecule has 1 aliphatic rings. The fraction of sp³-hybridized carbons (Fsp3) is 0.750. The van der Waals surface area contributed by atoms with Gasteiger partial charge in [0.1, 0.15) is 0 Å². The van der Waals surface area contributed by atoms with Crippen molar-refractivity contribution in [3.05, 3.63) is 0 Å². The summed E-state index contributed by atoms with van der Waals surface area (Å²) in [6.45, 7) is 1.37. The molecule has 1 rings (SSSR count). The van der Waals surface area contributed by atoms with Crippen LogP contribution in [-0.4, -0.2) is 35.7 Å². The zero-order valence-corrected chi connectivity index (χ0v) is 10.6. The number of amides is 3. The lowest BCUT2D eigenvalue weighted by atomic mass is 9.98. The van der Waals surface area contributed by atoms with Crippen LogP contribution < -0.4 is 11.5 Å². The van der Waals surface area contributed by atoms with Crippen LogP contribution in [0.25, 0.3) is 0 Å². The summed E-state index contributed by atoms with van der Waals surface area (Å²) in [7, 11) is 0. The Morgan fingerprint density at radius 2 is 1.33 bits per heavy atom. The molecule has 6 heteroatoms. The van der Waals surface area contributed by atoms with E-state index in [1.807, 2.05) is 0 Å². The number of likely N-dealkylation sites (tertiary alicyclic amines) is 1. The van der Waals surface area contributed by atoms with Crippen LogP contribution in [0.15, 0.2) is 0 Å². The molecule has 1 saturated heterocycles. The maximum atomic E-state index is 12.2. The maximum absolute atomic E-state index is 12.2. The summed E-state index contributed by atoms with van der Waals surface area (Å²) in [6.07, 6.45) is 3.92. The van der Waals surface area contributed by atoms with Gasteiger partial charge >= 0.3 is 0 Å². The largest absolute Gasteiger partial charge is 0.370 e. The highest BCUT2D eigenvalue weighted by Gasteiger charge is 2.27. The van der Waals surface area contributed by atoms with Gasteiger partial charge in [0.05, 0.1) is 5.92 Å². The SMILES string of the molecule is NC(=O)CC(CC(N)=O)C(=O)N1CCCCCC1. The topological polar surface area (TPSA) is 106 Å². The van der Waals surface area contributed by atoms with Crippen LogP contribution in [0.5, 0.6) is 0 Å². The van der Waals surface area contributed by atoms with Crippen molar-refractivity contribution >= 4 is 17.7 Å². The first-order chi connectivity index (χ1) is 8.50. The van der Waals surface area contributed by atoms with Gasteiger partial charge in [-0.25, -0.2) is 0 Å². The summed E-state index contributed by atoms with van der Waals surface area (Å²) >= 11 is 0. The monoisotopic (exact) mass is 255 g/mol. The lowest BCUT2D eigenvalue weighted by Crippen LogP contribution is -2.40.